The van der Waals surface area contributed by atoms with Gasteiger partial charge in [0, 0.05) is 25.5 Å². The van der Waals surface area contributed by atoms with Crippen LogP contribution in [0.5, 0.6) is 0 Å². The second-order valence-corrected chi connectivity index (χ2v) is 6.71. The van der Waals surface area contributed by atoms with E-state index in [1.54, 1.807) is 0 Å². The van der Waals surface area contributed by atoms with Crippen LogP contribution >= 0.6 is 11.3 Å². The quantitative estimate of drug-likeness (QED) is 0.923. The minimum Gasteiger partial charge on any atom is -0.381 e. The SMILES string of the molecule is Cc1nc(Cc2ccccc2)sc1C(=O)NC[C@@H]1CCOC1. The second kappa shape index (κ2) is 7.03. The molecular weight excluding hydrogens is 296 g/mol. The van der Waals surface area contributed by atoms with E-state index in [9.17, 15) is 4.79 Å². The fourth-order valence-corrected chi connectivity index (χ4v) is 3.59. The zero-order valence-electron chi connectivity index (χ0n) is 12.7. The number of benzene rings is 1. The van der Waals surface area contributed by atoms with E-state index in [0.29, 0.717) is 12.5 Å². The number of thiazole rings is 1. The van der Waals surface area contributed by atoms with Crippen molar-refractivity contribution in [2.45, 2.75) is 19.8 Å². The predicted molar refractivity (Wildman–Crippen MR) is 87.4 cm³/mol. The summed E-state index contributed by atoms with van der Waals surface area (Å²) < 4.78 is 5.33. The Balaban J connectivity index is 1.62. The molecule has 116 valence electrons. The molecule has 1 fully saturated rings. The smallest absolute Gasteiger partial charge is 0.263 e. The molecule has 2 aromatic rings. The van der Waals surface area contributed by atoms with Crippen molar-refractivity contribution in [1.82, 2.24) is 10.3 Å². The number of carbonyl (C=O) groups is 1. The van der Waals surface area contributed by atoms with Crippen molar-refractivity contribution in [3.63, 3.8) is 0 Å². The van der Waals surface area contributed by atoms with Crippen molar-refractivity contribution < 1.29 is 9.53 Å². The molecule has 0 spiro atoms. The molecule has 0 bridgehead atoms. The third-order valence-electron chi connectivity index (χ3n) is 3.82. The van der Waals surface area contributed by atoms with Crippen LogP contribution in [0.3, 0.4) is 0 Å². The molecule has 2 heterocycles. The highest BCUT2D eigenvalue weighted by Gasteiger charge is 2.19. The van der Waals surface area contributed by atoms with Gasteiger partial charge in [-0.05, 0) is 18.9 Å². The predicted octanol–water partition coefficient (Wildman–Crippen LogP) is 2.81. The van der Waals surface area contributed by atoms with Gasteiger partial charge in [-0.1, -0.05) is 30.3 Å². The van der Waals surface area contributed by atoms with Gasteiger partial charge in [-0.15, -0.1) is 11.3 Å². The van der Waals surface area contributed by atoms with Gasteiger partial charge in [0.2, 0.25) is 0 Å². The van der Waals surface area contributed by atoms with E-state index in [-0.39, 0.29) is 5.91 Å². The van der Waals surface area contributed by atoms with Crippen LogP contribution in [0.1, 0.15) is 32.4 Å². The summed E-state index contributed by atoms with van der Waals surface area (Å²) in [5.41, 5.74) is 2.03. The summed E-state index contributed by atoms with van der Waals surface area (Å²) in [7, 11) is 0. The normalized spacial score (nSPS) is 17.6. The van der Waals surface area contributed by atoms with Crippen molar-refractivity contribution in [1.29, 1.82) is 0 Å². The first-order valence-electron chi connectivity index (χ1n) is 7.58. The maximum absolute atomic E-state index is 12.3. The lowest BCUT2D eigenvalue weighted by Gasteiger charge is -2.08. The molecule has 1 N–H and O–H groups in total. The molecule has 1 saturated heterocycles. The van der Waals surface area contributed by atoms with Gasteiger partial charge in [-0.3, -0.25) is 4.79 Å². The van der Waals surface area contributed by atoms with Crippen molar-refractivity contribution in [3.05, 3.63) is 51.5 Å². The highest BCUT2D eigenvalue weighted by atomic mass is 32.1. The van der Waals surface area contributed by atoms with Crippen LogP contribution in [0.15, 0.2) is 30.3 Å². The number of aromatic nitrogens is 1. The first-order valence-corrected chi connectivity index (χ1v) is 8.40. The molecule has 4 nitrogen and oxygen atoms in total. The highest BCUT2D eigenvalue weighted by Crippen LogP contribution is 2.21. The molecule has 0 radical (unpaired) electrons. The van der Waals surface area contributed by atoms with Gasteiger partial charge in [-0.25, -0.2) is 4.98 Å². The molecular formula is C17H20N2O2S. The lowest BCUT2D eigenvalue weighted by molar-refractivity contribution is 0.0948. The monoisotopic (exact) mass is 316 g/mol. The van der Waals surface area contributed by atoms with E-state index in [4.69, 9.17) is 4.74 Å². The lowest BCUT2D eigenvalue weighted by atomic mass is 10.1. The van der Waals surface area contributed by atoms with Crippen molar-refractivity contribution in [2.75, 3.05) is 19.8 Å². The van der Waals surface area contributed by atoms with E-state index in [1.165, 1.54) is 16.9 Å². The van der Waals surface area contributed by atoms with E-state index >= 15 is 0 Å². The van der Waals surface area contributed by atoms with Gasteiger partial charge < -0.3 is 10.1 Å². The summed E-state index contributed by atoms with van der Waals surface area (Å²) in [4.78, 5) is 17.6. The number of hydrogen-bond donors (Lipinski definition) is 1. The molecule has 1 aromatic carbocycles. The van der Waals surface area contributed by atoms with Crippen molar-refractivity contribution in [3.8, 4) is 0 Å². The summed E-state index contributed by atoms with van der Waals surface area (Å²) in [5.74, 6) is 0.433. The van der Waals surface area contributed by atoms with Crippen molar-refractivity contribution in [2.24, 2.45) is 5.92 Å². The standard InChI is InChI=1S/C17H20N2O2S/c1-12-16(17(20)18-10-14-7-8-21-11-14)22-15(19-12)9-13-5-3-2-4-6-13/h2-6,14H,7-11H2,1H3,(H,18,20)/t14-/m0/s1. The minimum atomic E-state index is -0.0128. The van der Waals surface area contributed by atoms with Gasteiger partial charge in [0.05, 0.1) is 17.3 Å². The van der Waals surface area contributed by atoms with Crippen LogP contribution in [-0.2, 0) is 11.2 Å². The van der Waals surface area contributed by atoms with Crippen LogP contribution in [0.2, 0.25) is 0 Å². The van der Waals surface area contributed by atoms with E-state index in [0.717, 1.165) is 41.6 Å². The zero-order valence-corrected chi connectivity index (χ0v) is 13.5. The third kappa shape index (κ3) is 3.72. The number of ether oxygens (including phenoxy) is 1. The topological polar surface area (TPSA) is 51.2 Å². The number of hydrogen-bond acceptors (Lipinski definition) is 4. The Morgan fingerprint density at radius 1 is 1.41 bits per heavy atom. The average Bonchev–Trinajstić information content (AvgIpc) is 3.16. The number of rotatable bonds is 5. The van der Waals surface area contributed by atoms with E-state index in [2.05, 4.69) is 22.4 Å². The maximum atomic E-state index is 12.3. The van der Waals surface area contributed by atoms with Crippen LogP contribution in [0.4, 0.5) is 0 Å². The summed E-state index contributed by atoms with van der Waals surface area (Å²) in [6.45, 7) is 4.14. The number of aryl methyl sites for hydroxylation is 1. The Morgan fingerprint density at radius 2 is 2.23 bits per heavy atom. The number of carbonyl (C=O) groups excluding carboxylic acids is 1. The number of nitrogens with one attached hydrogen (secondary N) is 1. The summed E-state index contributed by atoms with van der Waals surface area (Å²) >= 11 is 1.49. The Kier molecular flexibility index (Phi) is 4.85. The first-order chi connectivity index (χ1) is 10.7. The molecule has 1 aliphatic heterocycles. The largest absolute Gasteiger partial charge is 0.381 e. The Hall–Kier alpha value is -1.72. The summed E-state index contributed by atoms with van der Waals surface area (Å²) in [6, 6.07) is 10.2. The Labute approximate surface area is 134 Å². The average molecular weight is 316 g/mol. The molecule has 0 saturated carbocycles. The molecule has 1 aromatic heterocycles. The summed E-state index contributed by atoms with van der Waals surface area (Å²) in [6.07, 6.45) is 1.80. The first kappa shape index (κ1) is 15.2. The Bertz CT molecular complexity index is 633. The fourth-order valence-electron chi connectivity index (χ4n) is 2.57. The molecule has 1 atom stereocenters. The minimum absolute atomic E-state index is 0.0128. The highest BCUT2D eigenvalue weighted by molar-refractivity contribution is 7.13. The van der Waals surface area contributed by atoms with Gasteiger partial charge in [-0.2, -0.15) is 0 Å². The van der Waals surface area contributed by atoms with Gasteiger partial charge in [0.15, 0.2) is 0 Å². The molecule has 22 heavy (non-hydrogen) atoms. The maximum Gasteiger partial charge on any atom is 0.263 e. The van der Waals surface area contributed by atoms with Crippen LogP contribution < -0.4 is 5.32 Å². The molecule has 0 unspecified atom stereocenters. The third-order valence-corrected chi connectivity index (χ3v) is 4.98. The fraction of sp³-hybridized carbons (Fsp3) is 0.412. The van der Waals surface area contributed by atoms with Crippen LogP contribution in [0.25, 0.3) is 0 Å². The number of amides is 1. The molecule has 1 aliphatic rings. The number of nitrogens with zero attached hydrogens (tertiary/aromatic N) is 1. The van der Waals surface area contributed by atoms with E-state index < -0.39 is 0 Å². The van der Waals surface area contributed by atoms with Gasteiger partial charge >= 0.3 is 0 Å². The van der Waals surface area contributed by atoms with E-state index in [1.807, 2.05) is 25.1 Å². The van der Waals surface area contributed by atoms with Crippen LogP contribution in [-0.4, -0.2) is 30.6 Å². The molecule has 0 aliphatic carbocycles. The second-order valence-electron chi connectivity index (χ2n) is 5.62. The van der Waals surface area contributed by atoms with Crippen molar-refractivity contribution >= 4 is 17.2 Å². The Morgan fingerprint density at radius 3 is 2.95 bits per heavy atom. The van der Waals surface area contributed by atoms with Crippen LogP contribution in [0, 0.1) is 12.8 Å². The molecule has 3 rings (SSSR count). The molecule has 1 amide bonds. The molecule has 5 heteroatoms. The van der Waals surface area contributed by atoms with Gasteiger partial charge in [0.1, 0.15) is 4.88 Å². The van der Waals surface area contributed by atoms with Gasteiger partial charge in [0.25, 0.3) is 5.91 Å². The summed E-state index contributed by atoms with van der Waals surface area (Å²) in [5, 5.41) is 3.99. The zero-order chi connectivity index (χ0) is 15.4. The lowest BCUT2D eigenvalue weighted by Crippen LogP contribution is -2.29.